The molecule has 3 aromatic carbocycles. The van der Waals surface area contributed by atoms with Gasteiger partial charge in [-0.05, 0) is 49.4 Å². The van der Waals surface area contributed by atoms with E-state index >= 15 is 0 Å². The zero-order chi connectivity index (χ0) is 23.5. The Morgan fingerprint density at radius 1 is 1.03 bits per heavy atom. The lowest BCUT2D eigenvalue weighted by molar-refractivity contribution is -0.113. The number of aryl methyl sites for hydroxylation is 1. The third-order valence-electron chi connectivity index (χ3n) is 5.46. The highest BCUT2D eigenvalue weighted by Gasteiger charge is 2.20. The SMILES string of the molecule is COc1ccc(-n2c(SCC(=O)Nc3ccc(C)cc3)nnc2-c2c[nH]c3ccccc23)cc1. The molecule has 5 rings (SSSR count). The molecule has 2 heterocycles. The van der Waals surface area contributed by atoms with Crippen LogP contribution in [0.3, 0.4) is 0 Å². The Labute approximate surface area is 201 Å². The number of ether oxygens (including phenoxy) is 1. The molecule has 0 unspecified atom stereocenters. The van der Waals surface area contributed by atoms with Gasteiger partial charge in [-0.3, -0.25) is 9.36 Å². The van der Waals surface area contributed by atoms with Crippen molar-refractivity contribution in [3.8, 4) is 22.8 Å². The molecular formula is C26H23N5O2S. The monoisotopic (exact) mass is 469 g/mol. The third-order valence-corrected chi connectivity index (χ3v) is 6.39. The van der Waals surface area contributed by atoms with Crippen molar-refractivity contribution in [3.05, 3.63) is 84.6 Å². The maximum Gasteiger partial charge on any atom is 0.234 e. The van der Waals surface area contributed by atoms with Gasteiger partial charge in [0.15, 0.2) is 11.0 Å². The molecule has 0 fully saturated rings. The van der Waals surface area contributed by atoms with Crippen LogP contribution in [0.5, 0.6) is 5.75 Å². The van der Waals surface area contributed by atoms with E-state index in [2.05, 4.69) is 26.6 Å². The van der Waals surface area contributed by atoms with Gasteiger partial charge in [-0.2, -0.15) is 0 Å². The van der Waals surface area contributed by atoms with Gasteiger partial charge in [-0.15, -0.1) is 10.2 Å². The van der Waals surface area contributed by atoms with Crippen molar-refractivity contribution in [2.45, 2.75) is 12.1 Å². The first-order valence-electron chi connectivity index (χ1n) is 10.8. The maximum atomic E-state index is 12.6. The van der Waals surface area contributed by atoms with Gasteiger partial charge in [0.05, 0.1) is 12.9 Å². The molecule has 0 saturated heterocycles. The first-order valence-corrected chi connectivity index (χ1v) is 11.8. The fourth-order valence-electron chi connectivity index (χ4n) is 3.72. The average molecular weight is 470 g/mol. The zero-order valence-electron chi connectivity index (χ0n) is 18.8. The number of amides is 1. The standard InChI is InChI=1S/C26H23N5O2S/c1-17-7-9-18(10-8-17)28-24(32)16-34-26-30-29-25(22-15-27-23-6-4-3-5-21(22)23)31(26)19-11-13-20(33-2)14-12-19/h3-15,27H,16H2,1-2H3,(H,28,32). The summed E-state index contributed by atoms with van der Waals surface area (Å²) in [6, 6.07) is 23.5. The number of fused-ring (bicyclic) bond motifs is 1. The van der Waals surface area contributed by atoms with Crippen LogP contribution in [0.2, 0.25) is 0 Å². The minimum atomic E-state index is -0.105. The van der Waals surface area contributed by atoms with Crippen LogP contribution in [0, 0.1) is 6.92 Å². The number of anilines is 1. The Hall–Kier alpha value is -4.04. The number of hydrogen-bond acceptors (Lipinski definition) is 5. The van der Waals surface area contributed by atoms with E-state index in [0.29, 0.717) is 11.0 Å². The van der Waals surface area contributed by atoms with E-state index in [1.54, 1.807) is 7.11 Å². The predicted molar refractivity (Wildman–Crippen MR) is 136 cm³/mol. The second-order valence-electron chi connectivity index (χ2n) is 7.79. The molecule has 1 amide bonds. The van der Waals surface area contributed by atoms with Crippen LogP contribution in [0.1, 0.15) is 5.56 Å². The van der Waals surface area contributed by atoms with Crippen LogP contribution >= 0.6 is 11.8 Å². The van der Waals surface area contributed by atoms with Gasteiger partial charge in [-0.25, -0.2) is 0 Å². The van der Waals surface area contributed by atoms with Crippen molar-refractivity contribution in [1.82, 2.24) is 19.7 Å². The van der Waals surface area contributed by atoms with Crippen molar-refractivity contribution < 1.29 is 9.53 Å². The topological polar surface area (TPSA) is 84.8 Å². The summed E-state index contributed by atoms with van der Waals surface area (Å²) in [6.45, 7) is 2.01. The lowest BCUT2D eigenvalue weighted by Gasteiger charge is -2.11. The first-order chi connectivity index (χ1) is 16.6. The van der Waals surface area contributed by atoms with Gasteiger partial charge >= 0.3 is 0 Å². The lowest BCUT2D eigenvalue weighted by Crippen LogP contribution is -2.14. The van der Waals surface area contributed by atoms with Gasteiger partial charge in [-0.1, -0.05) is 47.7 Å². The molecule has 0 aliphatic rings. The Bertz CT molecular complexity index is 1440. The van der Waals surface area contributed by atoms with Gasteiger partial charge in [0.1, 0.15) is 5.75 Å². The predicted octanol–water partition coefficient (Wildman–Crippen LogP) is 5.46. The van der Waals surface area contributed by atoms with Crippen molar-refractivity contribution >= 4 is 34.3 Å². The molecule has 0 spiro atoms. The normalized spacial score (nSPS) is 11.0. The van der Waals surface area contributed by atoms with E-state index in [0.717, 1.165) is 39.2 Å². The number of rotatable bonds is 7. The summed E-state index contributed by atoms with van der Waals surface area (Å²) in [4.78, 5) is 15.9. The number of H-pyrrole nitrogens is 1. The molecule has 0 aliphatic carbocycles. The molecule has 0 saturated carbocycles. The van der Waals surface area contributed by atoms with Crippen molar-refractivity contribution in [1.29, 1.82) is 0 Å². The molecule has 0 radical (unpaired) electrons. The number of methoxy groups -OCH3 is 1. The van der Waals surface area contributed by atoms with Crippen LogP contribution < -0.4 is 10.1 Å². The Kier molecular flexibility index (Phi) is 6.05. The van der Waals surface area contributed by atoms with Gasteiger partial charge in [0.25, 0.3) is 0 Å². The number of benzene rings is 3. The average Bonchev–Trinajstić information content (AvgIpc) is 3.48. The molecule has 0 bridgehead atoms. The number of carbonyl (C=O) groups excluding carboxylic acids is 1. The first kappa shape index (κ1) is 21.8. The fraction of sp³-hybridized carbons (Fsp3) is 0.115. The molecule has 5 aromatic rings. The quantitative estimate of drug-likeness (QED) is 0.309. The van der Waals surface area contributed by atoms with E-state index in [1.807, 2.05) is 84.4 Å². The summed E-state index contributed by atoms with van der Waals surface area (Å²) in [5, 5.41) is 13.6. The van der Waals surface area contributed by atoms with Gasteiger partial charge in [0.2, 0.25) is 5.91 Å². The van der Waals surface area contributed by atoms with Crippen molar-refractivity contribution in [3.63, 3.8) is 0 Å². The highest BCUT2D eigenvalue weighted by Crippen LogP contribution is 2.33. The van der Waals surface area contributed by atoms with Crippen LogP contribution in [0.15, 0.2) is 84.1 Å². The smallest absolute Gasteiger partial charge is 0.234 e. The van der Waals surface area contributed by atoms with Crippen LogP contribution in [-0.2, 0) is 4.79 Å². The molecule has 7 nitrogen and oxygen atoms in total. The number of para-hydroxylation sites is 1. The molecule has 2 aromatic heterocycles. The highest BCUT2D eigenvalue weighted by molar-refractivity contribution is 7.99. The Morgan fingerprint density at radius 3 is 2.56 bits per heavy atom. The summed E-state index contributed by atoms with van der Waals surface area (Å²) < 4.78 is 7.29. The van der Waals surface area contributed by atoms with Crippen LogP contribution in [0.4, 0.5) is 5.69 Å². The molecule has 0 aliphatic heterocycles. The number of aromatic amines is 1. The second-order valence-corrected chi connectivity index (χ2v) is 8.73. The molecule has 0 atom stereocenters. The number of hydrogen-bond donors (Lipinski definition) is 2. The highest BCUT2D eigenvalue weighted by atomic mass is 32.2. The summed E-state index contributed by atoms with van der Waals surface area (Å²) >= 11 is 1.34. The number of nitrogens with zero attached hydrogens (tertiary/aromatic N) is 3. The lowest BCUT2D eigenvalue weighted by atomic mass is 10.1. The zero-order valence-corrected chi connectivity index (χ0v) is 19.6. The van der Waals surface area contributed by atoms with E-state index in [1.165, 1.54) is 11.8 Å². The summed E-state index contributed by atoms with van der Waals surface area (Å²) in [5.41, 5.74) is 4.76. The summed E-state index contributed by atoms with van der Waals surface area (Å²) in [7, 11) is 1.64. The van der Waals surface area contributed by atoms with E-state index in [4.69, 9.17) is 4.74 Å². The number of carbonyl (C=O) groups is 1. The molecule has 34 heavy (non-hydrogen) atoms. The largest absolute Gasteiger partial charge is 0.497 e. The summed E-state index contributed by atoms with van der Waals surface area (Å²) in [5.74, 6) is 1.56. The van der Waals surface area contributed by atoms with Gasteiger partial charge in [0, 0.05) is 34.0 Å². The van der Waals surface area contributed by atoms with E-state index in [-0.39, 0.29) is 11.7 Å². The van der Waals surface area contributed by atoms with E-state index in [9.17, 15) is 4.79 Å². The Balaban J connectivity index is 1.47. The van der Waals surface area contributed by atoms with Crippen LogP contribution in [0.25, 0.3) is 28.0 Å². The molecule has 170 valence electrons. The second kappa shape index (κ2) is 9.44. The molecule has 8 heteroatoms. The number of aromatic nitrogens is 4. The van der Waals surface area contributed by atoms with E-state index < -0.39 is 0 Å². The minimum absolute atomic E-state index is 0.105. The van der Waals surface area contributed by atoms with Crippen molar-refractivity contribution in [2.75, 3.05) is 18.2 Å². The third kappa shape index (κ3) is 4.40. The summed E-state index contributed by atoms with van der Waals surface area (Å²) in [6.07, 6.45) is 1.94. The van der Waals surface area contributed by atoms with Crippen LogP contribution in [-0.4, -0.2) is 38.5 Å². The number of nitrogens with one attached hydrogen (secondary N) is 2. The molecular weight excluding hydrogens is 446 g/mol. The fourth-order valence-corrected chi connectivity index (χ4v) is 4.47. The number of thioether (sulfide) groups is 1. The minimum Gasteiger partial charge on any atom is -0.497 e. The maximum absolute atomic E-state index is 12.6. The van der Waals surface area contributed by atoms with Crippen molar-refractivity contribution in [2.24, 2.45) is 0 Å². The van der Waals surface area contributed by atoms with Gasteiger partial charge < -0.3 is 15.0 Å². The molecule has 2 N–H and O–H groups in total. The Morgan fingerprint density at radius 2 is 1.79 bits per heavy atom.